The lowest BCUT2D eigenvalue weighted by atomic mass is 10.0. The summed E-state index contributed by atoms with van der Waals surface area (Å²) in [7, 11) is 0. The third kappa shape index (κ3) is 4.27. The number of thiophene rings is 1. The molecule has 1 unspecified atom stereocenters. The third-order valence-electron chi connectivity index (χ3n) is 3.19. The van der Waals surface area contributed by atoms with Gasteiger partial charge in [0.25, 0.3) is 5.69 Å². The molecule has 1 aromatic heterocycles. The largest absolute Gasteiger partial charge is 0.309 e. The molecular weight excluding hydrogens is 308 g/mol. The molecule has 0 saturated heterocycles. The summed E-state index contributed by atoms with van der Waals surface area (Å²) in [5, 5.41) is 16.9. The number of nitro benzene ring substituents is 1. The van der Waals surface area contributed by atoms with Gasteiger partial charge in [0, 0.05) is 23.1 Å². The zero-order valence-electron chi connectivity index (χ0n) is 11.7. The second-order valence-electron chi connectivity index (χ2n) is 4.77. The lowest BCUT2D eigenvalue weighted by Crippen LogP contribution is -2.23. The highest BCUT2D eigenvalue weighted by Crippen LogP contribution is 2.31. The van der Waals surface area contributed by atoms with Gasteiger partial charge in [0.05, 0.1) is 9.95 Å². The van der Waals surface area contributed by atoms with E-state index in [1.54, 1.807) is 35.6 Å². The van der Waals surface area contributed by atoms with E-state index in [9.17, 15) is 10.1 Å². The average Bonchev–Trinajstić information content (AvgIpc) is 2.90. The molecule has 0 saturated carbocycles. The molecule has 0 fully saturated rings. The fourth-order valence-electron chi connectivity index (χ4n) is 2.12. The van der Waals surface area contributed by atoms with Crippen LogP contribution in [0.1, 0.15) is 29.8 Å². The molecule has 0 aliphatic heterocycles. The lowest BCUT2D eigenvalue weighted by Gasteiger charge is -2.18. The molecule has 0 spiro atoms. The number of nitro groups is 1. The maximum Gasteiger partial charge on any atom is 0.269 e. The number of non-ortho nitro benzene ring substituents is 1. The first-order valence-electron chi connectivity index (χ1n) is 6.81. The Bertz CT molecular complexity index is 598. The molecule has 1 aromatic carbocycles. The quantitative estimate of drug-likeness (QED) is 0.598. The Labute approximate surface area is 132 Å². The van der Waals surface area contributed by atoms with Crippen LogP contribution >= 0.6 is 22.9 Å². The normalized spacial score (nSPS) is 12.3. The van der Waals surface area contributed by atoms with Crippen molar-refractivity contribution in [3.05, 3.63) is 61.3 Å². The van der Waals surface area contributed by atoms with Crippen LogP contribution in [-0.4, -0.2) is 11.5 Å². The van der Waals surface area contributed by atoms with E-state index < -0.39 is 0 Å². The summed E-state index contributed by atoms with van der Waals surface area (Å²) in [4.78, 5) is 11.4. The van der Waals surface area contributed by atoms with Crippen LogP contribution in [0.5, 0.6) is 0 Å². The highest BCUT2D eigenvalue weighted by molar-refractivity contribution is 7.10. The Kier molecular flexibility index (Phi) is 5.73. The molecule has 0 aliphatic rings. The highest BCUT2D eigenvalue weighted by atomic mass is 35.5. The van der Waals surface area contributed by atoms with Gasteiger partial charge in [0.2, 0.25) is 0 Å². The number of benzene rings is 1. The molecule has 0 radical (unpaired) electrons. The van der Waals surface area contributed by atoms with Crippen LogP contribution in [0.3, 0.4) is 0 Å². The van der Waals surface area contributed by atoms with E-state index in [-0.39, 0.29) is 16.7 Å². The fourth-order valence-corrected chi connectivity index (χ4v) is 3.38. The van der Waals surface area contributed by atoms with Crippen LogP contribution < -0.4 is 5.32 Å². The van der Waals surface area contributed by atoms with Crippen molar-refractivity contribution in [3.63, 3.8) is 0 Å². The van der Waals surface area contributed by atoms with Crippen molar-refractivity contribution in [3.8, 4) is 0 Å². The predicted molar refractivity (Wildman–Crippen MR) is 87.2 cm³/mol. The predicted octanol–water partition coefficient (Wildman–Crippen LogP) is 4.59. The van der Waals surface area contributed by atoms with E-state index in [1.807, 2.05) is 11.4 Å². The first-order chi connectivity index (χ1) is 10.1. The number of nitrogens with one attached hydrogen (secondary N) is 1. The molecule has 0 bridgehead atoms. The van der Waals surface area contributed by atoms with Gasteiger partial charge in [-0.15, -0.1) is 11.3 Å². The number of halogens is 1. The van der Waals surface area contributed by atoms with Gasteiger partial charge < -0.3 is 5.32 Å². The topological polar surface area (TPSA) is 55.2 Å². The zero-order chi connectivity index (χ0) is 15.2. The van der Waals surface area contributed by atoms with Crippen LogP contribution in [0.4, 0.5) is 5.69 Å². The Hall–Kier alpha value is -1.43. The van der Waals surface area contributed by atoms with Crippen LogP contribution in [0.25, 0.3) is 0 Å². The molecule has 21 heavy (non-hydrogen) atoms. The minimum absolute atomic E-state index is 0.117. The van der Waals surface area contributed by atoms with E-state index in [1.165, 1.54) is 0 Å². The smallest absolute Gasteiger partial charge is 0.269 e. The maximum atomic E-state index is 10.7. The molecule has 112 valence electrons. The van der Waals surface area contributed by atoms with Crippen molar-refractivity contribution < 1.29 is 4.92 Å². The summed E-state index contributed by atoms with van der Waals surface area (Å²) >= 11 is 7.86. The Morgan fingerprint density at radius 1 is 1.33 bits per heavy atom. The van der Waals surface area contributed by atoms with Gasteiger partial charge in [-0.05, 0) is 36.4 Å². The summed E-state index contributed by atoms with van der Waals surface area (Å²) in [6.45, 7) is 3.03. The van der Waals surface area contributed by atoms with Gasteiger partial charge in [-0.1, -0.05) is 30.7 Å². The number of hydrogen-bond donors (Lipinski definition) is 1. The molecular formula is C15H17ClN2O2S. The first kappa shape index (κ1) is 15.9. The van der Waals surface area contributed by atoms with Gasteiger partial charge in [-0.25, -0.2) is 0 Å². The van der Waals surface area contributed by atoms with Crippen molar-refractivity contribution >= 4 is 28.6 Å². The van der Waals surface area contributed by atoms with Gasteiger partial charge in [0.15, 0.2) is 0 Å². The minimum Gasteiger partial charge on any atom is -0.309 e. The van der Waals surface area contributed by atoms with E-state index in [4.69, 9.17) is 11.6 Å². The Morgan fingerprint density at radius 2 is 2.05 bits per heavy atom. The monoisotopic (exact) mass is 324 g/mol. The summed E-state index contributed by atoms with van der Waals surface area (Å²) in [6.07, 6.45) is 1.80. The molecule has 1 N–H and O–H groups in total. The molecule has 1 heterocycles. The van der Waals surface area contributed by atoms with E-state index in [0.29, 0.717) is 0 Å². The lowest BCUT2D eigenvalue weighted by molar-refractivity contribution is -0.384. The van der Waals surface area contributed by atoms with E-state index in [0.717, 1.165) is 34.8 Å². The zero-order valence-corrected chi connectivity index (χ0v) is 13.3. The van der Waals surface area contributed by atoms with Crippen molar-refractivity contribution in [2.24, 2.45) is 0 Å². The van der Waals surface area contributed by atoms with Gasteiger partial charge in [-0.3, -0.25) is 10.1 Å². The van der Waals surface area contributed by atoms with Crippen molar-refractivity contribution in [2.45, 2.75) is 25.8 Å². The fraction of sp³-hybridized carbons (Fsp3) is 0.333. The van der Waals surface area contributed by atoms with Crippen LogP contribution in [0.2, 0.25) is 5.02 Å². The molecule has 0 aliphatic carbocycles. The summed E-state index contributed by atoms with van der Waals surface area (Å²) in [6, 6.07) is 8.74. The van der Waals surface area contributed by atoms with Gasteiger partial charge in [-0.2, -0.15) is 0 Å². The van der Waals surface area contributed by atoms with Crippen LogP contribution in [0.15, 0.2) is 35.7 Å². The van der Waals surface area contributed by atoms with Gasteiger partial charge in [0.1, 0.15) is 0 Å². The van der Waals surface area contributed by atoms with Crippen molar-refractivity contribution in [1.82, 2.24) is 5.32 Å². The number of rotatable bonds is 7. The van der Waals surface area contributed by atoms with Crippen molar-refractivity contribution in [1.29, 1.82) is 0 Å². The molecule has 0 amide bonds. The molecule has 4 nitrogen and oxygen atoms in total. The van der Waals surface area contributed by atoms with E-state index in [2.05, 4.69) is 12.2 Å². The van der Waals surface area contributed by atoms with Gasteiger partial charge >= 0.3 is 0 Å². The number of hydrogen-bond acceptors (Lipinski definition) is 4. The molecule has 2 aromatic rings. The molecule has 6 heteroatoms. The second kappa shape index (κ2) is 7.54. The Morgan fingerprint density at radius 3 is 2.57 bits per heavy atom. The molecule has 2 rings (SSSR count). The third-order valence-corrected chi connectivity index (χ3v) is 4.66. The second-order valence-corrected chi connectivity index (χ2v) is 6.12. The maximum absolute atomic E-state index is 10.7. The SMILES string of the molecule is CCCNC(Cc1ccc([N+](=O)[O-])cc1)c1sccc1Cl. The summed E-state index contributed by atoms with van der Waals surface area (Å²) in [5.74, 6) is 0. The first-order valence-corrected chi connectivity index (χ1v) is 8.07. The molecule has 1 atom stereocenters. The summed E-state index contributed by atoms with van der Waals surface area (Å²) in [5.41, 5.74) is 1.17. The van der Waals surface area contributed by atoms with E-state index >= 15 is 0 Å². The summed E-state index contributed by atoms with van der Waals surface area (Å²) < 4.78 is 0. The number of nitrogens with zero attached hydrogens (tertiary/aromatic N) is 1. The minimum atomic E-state index is -0.382. The Balaban J connectivity index is 2.14. The van der Waals surface area contributed by atoms with Crippen LogP contribution in [-0.2, 0) is 6.42 Å². The standard InChI is InChI=1S/C15H17ClN2O2S/c1-2-8-17-14(15-13(16)7-9-21-15)10-11-3-5-12(6-4-11)18(19)20/h3-7,9,14,17H,2,8,10H2,1H3. The highest BCUT2D eigenvalue weighted by Gasteiger charge is 2.16. The van der Waals surface area contributed by atoms with Crippen molar-refractivity contribution in [2.75, 3.05) is 6.54 Å². The van der Waals surface area contributed by atoms with Crippen LogP contribution in [0, 0.1) is 10.1 Å². The average molecular weight is 325 g/mol.